The summed E-state index contributed by atoms with van der Waals surface area (Å²) >= 11 is 0. The minimum absolute atomic E-state index is 0.229. The Labute approximate surface area is 216 Å². The van der Waals surface area contributed by atoms with E-state index in [1.165, 1.54) is 21.8 Å². The smallest absolute Gasteiger partial charge is 0.164 e. The lowest BCUT2D eigenvalue weighted by atomic mass is 10.0. The molecule has 1 unspecified atom stereocenters. The van der Waals surface area contributed by atoms with Gasteiger partial charge in [0.05, 0.1) is 6.04 Å². The lowest BCUT2D eigenvalue weighted by Gasteiger charge is -2.20. The predicted octanol–water partition coefficient (Wildman–Crippen LogP) is 7.96. The summed E-state index contributed by atoms with van der Waals surface area (Å²) < 4.78 is 2.46. The third-order valence-corrected chi connectivity index (χ3v) is 7.20. The number of fused-ring (bicyclic) bond motifs is 3. The highest BCUT2D eigenvalue weighted by Crippen LogP contribution is 2.36. The molecule has 0 aliphatic heterocycles. The zero-order chi connectivity index (χ0) is 24.6. The quantitative estimate of drug-likeness (QED) is 0.263. The highest BCUT2D eigenvalue weighted by Gasteiger charge is 2.20. The van der Waals surface area contributed by atoms with E-state index in [4.69, 9.17) is 15.0 Å². The van der Waals surface area contributed by atoms with E-state index in [-0.39, 0.29) is 6.04 Å². The maximum Gasteiger partial charge on any atom is 0.164 e. The third kappa shape index (κ3) is 3.91. The first-order valence-corrected chi connectivity index (χ1v) is 12.9. The monoisotopic (exact) mass is 478 g/mol. The van der Waals surface area contributed by atoms with Crippen molar-refractivity contribution in [3.63, 3.8) is 0 Å². The van der Waals surface area contributed by atoms with E-state index in [0.717, 1.165) is 47.6 Å². The van der Waals surface area contributed by atoms with Gasteiger partial charge in [0.1, 0.15) is 0 Å². The topological polar surface area (TPSA) is 43.6 Å². The second-order valence-electron chi connectivity index (χ2n) is 9.54. The van der Waals surface area contributed by atoms with E-state index in [1.807, 2.05) is 18.2 Å². The van der Waals surface area contributed by atoms with E-state index < -0.39 is 0 Å². The van der Waals surface area contributed by atoms with Crippen LogP contribution < -0.4 is 0 Å². The zero-order valence-electron chi connectivity index (χ0n) is 20.5. The molecule has 0 radical (unpaired) electrons. The first kappa shape index (κ1) is 21.7. The Bertz CT molecular complexity index is 1700. The SMILES string of the molecule is C1=CC(c2nc(C3=CCC(n4c5ccccc5c5ccccc54)C=C3)nc(-c3ccccc3)n2)=CCC1. The maximum atomic E-state index is 4.93. The minimum atomic E-state index is 0.229. The Balaban J connectivity index is 1.29. The van der Waals surface area contributed by atoms with Gasteiger partial charge in [0.25, 0.3) is 0 Å². The molecule has 4 heteroatoms. The number of para-hydroxylation sites is 2. The Hall–Kier alpha value is -4.57. The lowest BCUT2D eigenvalue weighted by Crippen LogP contribution is -2.10. The lowest BCUT2D eigenvalue weighted by molar-refractivity contribution is 0.649. The van der Waals surface area contributed by atoms with Crippen molar-refractivity contribution in [1.29, 1.82) is 0 Å². The Morgan fingerprint density at radius 1 is 0.595 bits per heavy atom. The van der Waals surface area contributed by atoms with Gasteiger partial charge in [-0.2, -0.15) is 0 Å². The summed E-state index contributed by atoms with van der Waals surface area (Å²) in [7, 11) is 0. The van der Waals surface area contributed by atoms with E-state index in [2.05, 4.69) is 102 Å². The fourth-order valence-corrected chi connectivity index (χ4v) is 5.41. The van der Waals surface area contributed by atoms with Crippen molar-refractivity contribution in [3.8, 4) is 11.4 Å². The van der Waals surface area contributed by atoms with Gasteiger partial charge in [0.15, 0.2) is 17.5 Å². The molecule has 3 aromatic carbocycles. The van der Waals surface area contributed by atoms with Crippen LogP contribution in [0.1, 0.15) is 37.0 Å². The van der Waals surface area contributed by atoms with Gasteiger partial charge in [-0.15, -0.1) is 0 Å². The molecule has 2 aliphatic carbocycles. The molecule has 0 fully saturated rings. The predicted molar refractivity (Wildman–Crippen MR) is 152 cm³/mol. The maximum absolute atomic E-state index is 4.93. The summed E-state index contributed by atoms with van der Waals surface area (Å²) in [5, 5.41) is 2.59. The van der Waals surface area contributed by atoms with Crippen molar-refractivity contribution < 1.29 is 0 Å². The van der Waals surface area contributed by atoms with Crippen LogP contribution in [-0.4, -0.2) is 19.5 Å². The molecule has 0 bridgehead atoms. The van der Waals surface area contributed by atoms with Crippen LogP contribution in [0, 0.1) is 0 Å². The summed E-state index contributed by atoms with van der Waals surface area (Å²) in [6.45, 7) is 0. The van der Waals surface area contributed by atoms with Crippen molar-refractivity contribution in [2.75, 3.05) is 0 Å². The van der Waals surface area contributed by atoms with Gasteiger partial charge >= 0.3 is 0 Å². The summed E-state index contributed by atoms with van der Waals surface area (Å²) in [6.07, 6.45) is 16.2. The van der Waals surface area contributed by atoms with Crippen LogP contribution in [-0.2, 0) is 0 Å². The van der Waals surface area contributed by atoms with E-state index in [1.54, 1.807) is 0 Å². The first-order valence-electron chi connectivity index (χ1n) is 12.9. The van der Waals surface area contributed by atoms with Crippen molar-refractivity contribution in [2.45, 2.75) is 25.3 Å². The van der Waals surface area contributed by atoms with Crippen molar-refractivity contribution >= 4 is 33.0 Å². The van der Waals surface area contributed by atoms with Gasteiger partial charge in [-0.3, -0.25) is 0 Å². The Kier molecular flexibility index (Phi) is 5.36. The fraction of sp³-hybridized carbons (Fsp3) is 0.121. The third-order valence-electron chi connectivity index (χ3n) is 7.20. The van der Waals surface area contributed by atoms with Crippen molar-refractivity contribution in [2.24, 2.45) is 0 Å². The van der Waals surface area contributed by atoms with Crippen LogP contribution in [0.5, 0.6) is 0 Å². The van der Waals surface area contributed by atoms with Crippen molar-refractivity contribution in [1.82, 2.24) is 19.5 Å². The molecule has 0 saturated carbocycles. The number of nitrogens with zero attached hydrogens (tertiary/aromatic N) is 4. The molecular formula is C33H26N4. The van der Waals surface area contributed by atoms with Gasteiger partial charge < -0.3 is 4.57 Å². The Morgan fingerprint density at radius 3 is 1.84 bits per heavy atom. The highest BCUT2D eigenvalue weighted by molar-refractivity contribution is 6.08. The number of hydrogen-bond donors (Lipinski definition) is 0. The van der Waals surface area contributed by atoms with E-state index >= 15 is 0 Å². The zero-order valence-corrected chi connectivity index (χ0v) is 20.5. The summed E-state index contributed by atoms with van der Waals surface area (Å²) in [5.41, 5.74) is 5.63. The van der Waals surface area contributed by atoms with Crippen LogP contribution >= 0.6 is 0 Å². The largest absolute Gasteiger partial charge is 0.333 e. The average molecular weight is 479 g/mol. The molecule has 37 heavy (non-hydrogen) atoms. The van der Waals surface area contributed by atoms with Crippen LogP contribution in [0.3, 0.4) is 0 Å². The standard InChI is InChI=1S/C33H26N4/c1-3-11-23(12-4-1)31-34-32(24-13-5-2-6-14-24)36-33(35-31)25-19-21-26(22-20-25)37-29-17-9-7-15-27(29)28-16-8-10-18-30(28)37/h1,3-5,7-21,26H,2,6,22H2. The highest BCUT2D eigenvalue weighted by atomic mass is 15.0. The number of benzene rings is 3. The van der Waals surface area contributed by atoms with Gasteiger partial charge in [-0.1, -0.05) is 103 Å². The number of hydrogen-bond acceptors (Lipinski definition) is 3. The molecule has 5 aromatic rings. The summed E-state index contributed by atoms with van der Waals surface area (Å²) in [5.74, 6) is 2.17. The van der Waals surface area contributed by atoms with Gasteiger partial charge in [0.2, 0.25) is 0 Å². The second-order valence-corrected chi connectivity index (χ2v) is 9.54. The molecule has 1 atom stereocenters. The molecular weight excluding hydrogens is 452 g/mol. The van der Waals surface area contributed by atoms with Crippen LogP contribution in [0.4, 0.5) is 0 Å². The normalized spacial score (nSPS) is 17.2. The minimum Gasteiger partial charge on any atom is -0.333 e. The van der Waals surface area contributed by atoms with Gasteiger partial charge in [-0.25, -0.2) is 15.0 Å². The molecule has 2 heterocycles. The van der Waals surface area contributed by atoms with Crippen molar-refractivity contribution in [3.05, 3.63) is 127 Å². The molecule has 2 aliphatic rings. The van der Waals surface area contributed by atoms with E-state index in [9.17, 15) is 0 Å². The summed E-state index contributed by atoms with van der Waals surface area (Å²) in [6, 6.07) is 27.7. The molecule has 2 aromatic heterocycles. The molecule has 0 saturated heterocycles. The molecule has 7 rings (SSSR count). The first-order chi connectivity index (χ1) is 18.3. The average Bonchev–Trinajstić information content (AvgIpc) is 3.32. The number of allylic oxidation sites excluding steroid dienone is 8. The number of aromatic nitrogens is 4. The fourth-order valence-electron chi connectivity index (χ4n) is 5.41. The summed E-state index contributed by atoms with van der Waals surface area (Å²) in [4.78, 5) is 14.7. The van der Waals surface area contributed by atoms with Crippen LogP contribution in [0.25, 0.3) is 44.3 Å². The molecule has 0 amide bonds. The van der Waals surface area contributed by atoms with Crippen LogP contribution in [0.2, 0.25) is 0 Å². The molecule has 178 valence electrons. The molecule has 4 nitrogen and oxygen atoms in total. The number of rotatable bonds is 4. The molecule has 0 spiro atoms. The second kappa shape index (κ2) is 9.14. The van der Waals surface area contributed by atoms with Gasteiger partial charge in [-0.05, 0) is 31.4 Å². The van der Waals surface area contributed by atoms with E-state index in [0.29, 0.717) is 5.82 Å². The Morgan fingerprint density at radius 2 is 1.22 bits per heavy atom. The molecule has 0 N–H and O–H groups in total. The van der Waals surface area contributed by atoms with Gasteiger partial charge in [0, 0.05) is 38.5 Å². The van der Waals surface area contributed by atoms with Crippen LogP contribution in [0.15, 0.2) is 115 Å².